The molecule has 0 heterocycles. The Hall–Kier alpha value is -2.52. The molecular weight excluding hydrogens is 482 g/mol. The van der Waals surface area contributed by atoms with E-state index in [2.05, 4.69) is 148 Å². The number of allylic oxidation sites excluding steroid dienone is 1. The van der Waals surface area contributed by atoms with Crippen LogP contribution in [0.5, 0.6) is 0 Å². The molecule has 2 heteroatoms. The van der Waals surface area contributed by atoms with Crippen LogP contribution in [-0.2, 0) is 0 Å². The molecule has 5 rings (SSSR count). The molecule has 1 aliphatic rings. The topological polar surface area (TPSA) is 0 Å². The fraction of sp³-hybridized carbons (Fsp3) is 0.257. The van der Waals surface area contributed by atoms with Gasteiger partial charge in [-0.2, -0.15) is 0 Å². The smallest absolute Gasteiger partial charge is 0.00521 e. The van der Waals surface area contributed by atoms with E-state index in [1.54, 1.807) is 0 Å². The Bertz CT molecular complexity index is 1080. The molecule has 0 radical (unpaired) electrons. The van der Waals surface area contributed by atoms with E-state index in [0.29, 0.717) is 17.2 Å². The Balaban J connectivity index is 1.67. The minimum Gasteiger partial charge on any atom is -0.103 e. The van der Waals surface area contributed by atoms with Crippen molar-refractivity contribution in [3.8, 4) is 0 Å². The third-order valence-electron chi connectivity index (χ3n) is 8.07. The largest absolute Gasteiger partial charge is 0.103 e. The fourth-order valence-electron chi connectivity index (χ4n) is 6.14. The second-order valence-corrected chi connectivity index (χ2v) is 15.7. The molecule has 0 bridgehead atoms. The van der Waals surface area contributed by atoms with E-state index >= 15 is 0 Å². The Morgan fingerprint density at radius 2 is 0.892 bits per heavy atom. The van der Waals surface area contributed by atoms with Crippen LogP contribution in [0, 0.1) is 11.3 Å². The van der Waals surface area contributed by atoms with Gasteiger partial charge in [0.15, 0.2) is 0 Å². The maximum absolute atomic E-state index is 4.12. The van der Waals surface area contributed by atoms with Crippen molar-refractivity contribution in [3.63, 3.8) is 0 Å². The second kappa shape index (κ2) is 11.9. The zero-order valence-corrected chi connectivity index (χ0v) is 23.9. The molecule has 4 aromatic carbocycles. The van der Waals surface area contributed by atoms with Crippen molar-refractivity contribution in [2.75, 3.05) is 0 Å². The minimum atomic E-state index is -0.497. The molecular formula is C35H38P2. The molecule has 0 N–H and O–H groups in total. The van der Waals surface area contributed by atoms with Crippen molar-refractivity contribution < 1.29 is 0 Å². The van der Waals surface area contributed by atoms with Gasteiger partial charge in [0.05, 0.1) is 0 Å². The van der Waals surface area contributed by atoms with E-state index < -0.39 is 15.8 Å². The highest BCUT2D eigenvalue weighted by molar-refractivity contribution is 7.77. The molecule has 4 aromatic rings. The highest BCUT2D eigenvalue weighted by Gasteiger charge is 2.48. The van der Waals surface area contributed by atoms with Crippen LogP contribution in [0.15, 0.2) is 134 Å². The van der Waals surface area contributed by atoms with Crippen LogP contribution in [0.4, 0.5) is 0 Å². The molecule has 0 spiro atoms. The van der Waals surface area contributed by atoms with E-state index in [1.165, 1.54) is 34.1 Å². The van der Waals surface area contributed by atoms with Gasteiger partial charge in [-0.25, -0.2) is 0 Å². The maximum Gasteiger partial charge on any atom is -0.00521 e. The molecule has 188 valence electrons. The lowest BCUT2D eigenvalue weighted by Crippen LogP contribution is -2.31. The number of benzene rings is 4. The summed E-state index contributed by atoms with van der Waals surface area (Å²) in [5, 5.41) is 6.04. The summed E-state index contributed by atoms with van der Waals surface area (Å²) < 4.78 is 0. The Labute approximate surface area is 226 Å². The minimum absolute atomic E-state index is 0.248. The first-order valence-electron chi connectivity index (χ1n) is 13.5. The average Bonchev–Trinajstić information content (AvgIpc) is 3.37. The molecule has 2 unspecified atom stereocenters. The van der Waals surface area contributed by atoms with Gasteiger partial charge < -0.3 is 0 Å². The summed E-state index contributed by atoms with van der Waals surface area (Å²) in [5.74, 6) is 0.676. The van der Waals surface area contributed by atoms with Crippen molar-refractivity contribution in [2.45, 2.75) is 44.4 Å². The summed E-state index contributed by atoms with van der Waals surface area (Å²) in [4.78, 5) is 0. The van der Waals surface area contributed by atoms with Gasteiger partial charge in [0, 0.05) is 0 Å². The molecule has 2 atom stereocenters. The van der Waals surface area contributed by atoms with Gasteiger partial charge in [0.25, 0.3) is 0 Å². The lowest BCUT2D eigenvalue weighted by Gasteiger charge is -2.35. The first kappa shape index (κ1) is 26.1. The predicted molar refractivity (Wildman–Crippen MR) is 167 cm³/mol. The quantitative estimate of drug-likeness (QED) is 0.155. The standard InChI is InChI=1S/C35H38P2/c1-4-25-35(2,3)28-26-33(36(29-17-9-5-10-18-29)30-19-11-6-12-20-30)34(27-28)37(31-21-13-7-14-22-31)32-23-15-8-16-24-32/h4-24,28,33-34H,1,25-27H2,2-3H3. The molecule has 1 saturated carbocycles. The Morgan fingerprint density at radius 3 is 1.16 bits per heavy atom. The van der Waals surface area contributed by atoms with Gasteiger partial charge in [0.2, 0.25) is 0 Å². The van der Waals surface area contributed by atoms with Crippen molar-refractivity contribution in [1.82, 2.24) is 0 Å². The van der Waals surface area contributed by atoms with E-state index in [-0.39, 0.29) is 5.41 Å². The number of hydrogen-bond donors (Lipinski definition) is 0. The fourth-order valence-corrected chi connectivity index (χ4v) is 12.9. The van der Waals surface area contributed by atoms with E-state index in [0.717, 1.165) is 6.42 Å². The normalized spacial score (nSPS) is 19.8. The van der Waals surface area contributed by atoms with Crippen LogP contribution in [-0.4, -0.2) is 11.3 Å². The second-order valence-electron chi connectivity index (χ2n) is 10.9. The van der Waals surface area contributed by atoms with Crippen molar-refractivity contribution in [3.05, 3.63) is 134 Å². The summed E-state index contributed by atoms with van der Waals surface area (Å²) in [5.41, 5.74) is 1.50. The van der Waals surface area contributed by atoms with Crippen LogP contribution in [0.2, 0.25) is 0 Å². The lowest BCUT2D eigenvalue weighted by atomic mass is 9.75. The van der Waals surface area contributed by atoms with Crippen LogP contribution < -0.4 is 21.2 Å². The lowest BCUT2D eigenvalue weighted by molar-refractivity contribution is 0.221. The van der Waals surface area contributed by atoms with E-state index in [9.17, 15) is 0 Å². The summed E-state index contributed by atoms with van der Waals surface area (Å²) in [7, 11) is -0.994. The molecule has 0 saturated heterocycles. The van der Waals surface area contributed by atoms with E-state index in [1.807, 2.05) is 0 Å². The Morgan fingerprint density at radius 1 is 0.595 bits per heavy atom. The highest BCUT2D eigenvalue weighted by Crippen LogP contribution is 2.61. The predicted octanol–water partition coefficient (Wildman–Crippen LogP) is 8.00. The summed E-state index contributed by atoms with van der Waals surface area (Å²) in [6, 6.07) is 45.5. The van der Waals surface area contributed by atoms with Crippen LogP contribution in [0.3, 0.4) is 0 Å². The zero-order valence-electron chi connectivity index (χ0n) is 22.1. The number of hydrogen-bond acceptors (Lipinski definition) is 0. The van der Waals surface area contributed by atoms with Gasteiger partial charge in [-0.1, -0.05) is 141 Å². The van der Waals surface area contributed by atoms with Crippen LogP contribution in [0.25, 0.3) is 0 Å². The average molecular weight is 521 g/mol. The molecule has 0 aliphatic heterocycles. The van der Waals surface area contributed by atoms with Crippen LogP contribution >= 0.6 is 15.8 Å². The van der Waals surface area contributed by atoms with Crippen molar-refractivity contribution in [1.29, 1.82) is 0 Å². The summed E-state index contributed by atoms with van der Waals surface area (Å²) in [6.07, 6.45) is 5.76. The SMILES string of the molecule is C=CCC(C)(C)C1CC(P(c2ccccc2)c2ccccc2)C(P(c2ccccc2)c2ccccc2)C1. The molecule has 37 heavy (non-hydrogen) atoms. The van der Waals surface area contributed by atoms with Gasteiger partial charge in [-0.3, -0.25) is 0 Å². The highest BCUT2D eigenvalue weighted by atomic mass is 31.1. The van der Waals surface area contributed by atoms with Gasteiger partial charge in [0.1, 0.15) is 0 Å². The van der Waals surface area contributed by atoms with E-state index in [4.69, 9.17) is 0 Å². The van der Waals surface area contributed by atoms with Gasteiger partial charge in [-0.05, 0) is 79.0 Å². The molecule has 0 amide bonds. The molecule has 0 nitrogen and oxygen atoms in total. The summed E-state index contributed by atoms with van der Waals surface area (Å²) in [6.45, 7) is 9.07. The summed E-state index contributed by atoms with van der Waals surface area (Å²) >= 11 is 0. The third kappa shape index (κ3) is 5.82. The molecule has 0 aromatic heterocycles. The first-order valence-corrected chi connectivity index (χ1v) is 16.3. The Kier molecular flexibility index (Phi) is 8.39. The van der Waals surface area contributed by atoms with Crippen molar-refractivity contribution in [2.24, 2.45) is 11.3 Å². The maximum atomic E-state index is 4.12. The first-order chi connectivity index (χ1) is 18.1. The monoisotopic (exact) mass is 520 g/mol. The van der Waals surface area contributed by atoms with Gasteiger partial charge in [-0.15, -0.1) is 6.58 Å². The molecule has 1 aliphatic carbocycles. The zero-order chi connectivity index (χ0) is 25.7. The number of rotatable bonds is 9. The van der Waals surface area contributed by atoms with Crippen molar-refractivity contribution >= 4 is 37.1 Å². The third-order valence-corrected chi connectivity index (χ3v) is 14.2. The molecule has 1 fully saturated rings. The van der Waals surface area contributed by atoms with Crippen LogP contribution in [0.1, 0.15) is 33.1 Å². The van der Waals surface area contributed by atoms with Gasteiger partial charge >= 0.3 is 0 Å².